The minimum atomic E-state index is -1.76. The molecule has 8 saturated carbocycles. The minimum absolute atomic E-state index is 0. The Morgan fingerprint density at radius 3 is 0.470 bits per heavy atom. The van der Waals surface area contributed by atoms with Gasteiger partial charge in [-0.1, -0.05) is 55.4 Å². The lowest BCUT2D eigenvalue weighted by molar-refractivity contribution is -0.0863. The molecule has 16 aliphatic rings. The summed E-state index contributed by atoms with van der Waals surface area (Å²) in [4.78, 5) is 28.3. The minimum Gasteiger partial charge on any atom is -0.393 e. The predicted octanol–water partition coefficient (Wildman–Crippen LogP) is 21.7. The number of hydrogen-bond acceptors (Lipinski definition) is 27. The van der Waals surface area contributed by atoms with E-state index in [-0.39, 0.29) is 87.3 Å². The van der Waals surface area contributed by atoms with E-state index in [1.807, 2.05) is 0 Å². The summed E-state index contributed by atoms with van der Waals surface area (Å²) in [7, 11) is -11.9. The second-order valence-electron chi connectivity index (χ2n) is 39.9. The Bertz CT molecular complexity index is 2730. The fourth-order valence-corrected chi connectivity index (χ4v) is 31.2. The van der Waals surface area contributed by atoms with E-state index in [1.54, 1.807) is 0 Å². The van der Waals surface area contributed by atoms with Crippen molar-refractivity contribution < 1.29 is 136 Å². The summed E-state index contributed by atoms with van der Waals surface area (Å²) < 4.78 is 123. The molecule has 0 amide bonds. The molecule has 0 unspecified atom stereocenters. The molecule has 8 aliphatic heterocycles. The largest absolute Gasteiger partial charge is 0.393 e. The summed E-state index contributed by atoms with van der Waals surface area (Å²) in [5, 5.41) is 29.7. The number of aliphatic hydroxyl groups excluding tert-OH is 3. The van der Waals surface area contributed by atoms with Crippen molar-refractivity contribution in [3.05, 3.63) is 0 Å². The molecule has 16 rings (SSSR count). The molecule has 0 aromatic rings. The zero-order valence-electron chi connectivity index (χ0n) is 70.0. The molecule has 115 heavy (non-hydrogen) atoms. The maximum atomic E-state index is 9.95. The van der Waals surface area contributed by atoms with Crippen LogP contribution in [0.25, 0.3) is 0 Å². The standard InChI is InChI=1S/C35H62O8P2.C25H44O12P4.C20H36O7P2.8H2/c1-33(2,25-5-13-29(36)14-6-25)27-9-17-31(18-10-27)42-44-38-21-35(22-39-44)23-40-45(41-24-35)43-32-19-11-28(12-20-32)34(3,4)26-7-15-30(37)16-8-26;1-23(2,19-3-7-21(8-4-19)36-40-32-15-24(16-33-40)11-28-38(26)29-12-24)20-5-9-22(10-6-20)37-41-34-17-25(18-35-41)13-30-39(27)31-14-25;1-19(2,15-3-7-17(21)8-4-15)16-5-9-18(10-6-16)27-29-25-13-20(14-26-29)11-23-28(22)24-12-20;;;;;;;;/h25-32,36-37H,5-24H2,1-4H3;19-22,26-27H,3-18H2,1-2H3;15-18,21-22H,3-14H2,1-2H3;8*1H. The monoisotopic (exact) mass is 1800 g/mol. The van der Waals surface area contributed by atoms with E-state index < -0.39 is 68.8 Å². The second-order valence-corrected chi connectivity index (χ2v) is 48.8. The van der Waals surface area contributed by atoms with Crippen molar-refractivity contribution in [1.29, 1.82) is 0 Å². The summed E-state index contributed by atoms with van der Waals surface area (Å²) >= 11 is 0. The van der Waals surface area contributed by atoms with E-state index in [2.05, 4.69) is 55.4 Å². The third-order valence-electron chi connectivity index (χ3n) is 30.7. The highest BCUT2D eigenvalue weighted by atomic mass is 31.2. The van der Waals surface area contributed by atoms with Gasteiger partial charge in [0.1, 0.15) is 0 Å². The molecule has 680 valence electrons. The first-order valence-electron chi connectivity index (χ1n) is 44.0. The second kappa shape index (κ2) is 42.3. The molecule has 0 atom stereocenters. The average Bonchev–Trinajstić information content (AvgIpc) is 0.804. The average molecular weight is 1800 g/mol. The summed E-state index contributed by atoms with van der Waals surface area (Å²) in [5.41, 5.74) is -0.0605. The zero-order chi connectivity index (χ0) is 80.6. The van der Waals surface area contributed by atoms with Crippen molar-refractivity contribution in [3.63, 3.8) is 0 Å². The molecule has 8 heterocycles. The smallest absolute Gasteiger partial charge is 0.332 e. The van der Waals surface area contributed by atoms with Crippen molar-refractivity contribution in [2.75, 3.05) is 106 Å². The Kier molecular flexibility index (Phi) is 34.4. The number of aliphatic hydroxyl groups is 3. The van der Waals surface area contributed by atoms with Gasteiger partial charge in [0.25, 0.3) is 0 Å². The van der Waals surface area contributed by atoms with Gasteiger partial charge < -0.3 is 125 Å². The highest BCUT2D eigenvalue weighted by Gasteiger charge is 2.53. The molecule has 35 heteroatoms. The molecule has 16 fully saturated rings. The quantitative estimate of drug-likeness (QED) is 0.0695. The molecule has 0 aromatic carbocycles. The maximum absolute atomic E-state index is 9.95. The van der Waals surface area contributed by atoms with Gasteiger partial charge >= 0.3 is 68.8 Å². The maximum Gasteiger partial charge on any atom is 0.332 e. The van der Waals surface area contributed by atoms with Gasteiger partial charge in [-0.2, -0.15) is 0 Å². The Hall–Kier alpha value is 2.36. The third kappa shape index (κ3) is 25.1. The molecule has 0 bridgehead atoms. The van der Waals surface area contributed by atoms with Gasteiger partial charge in [0, 0.05) is 11.4 Å². The van der Waals surface area contributed by atoms with Crippen LogP contribution in [0.1, 0.15) is 272 Å². The van der Waals surface area contributed by atoms with Crippen molar-refractivity contribution >= 4 is 68.8 Å². The van der Waals surface area contributed by atoms with Crippen LogP contribution in [0.4, 0.5) is 0 Å². The molecule has 0 radical (unpaired) electrons. The molecule has 0 aromatic heterocycles. The van der Waals surface area contributed by atoms with Crippen LogP contribution in [-0.4, -0.2) is 185 Å². The Morgan fingerprint density at radius 1 is 0.209 bits per heavy atom. The topological polar surface area (TPSA) is 315 Å². The third-order valence-corrected chi connectivity index (χ3v) is 38.6. The van der Waals surface area contributed by atoms with E-state index in [0.717, 1.165) is 202 Å². The molecular formula is C80H158O27P8. The van der Waals surface area contributed by atoms with Crippen LogP contribution in [0.3, 0.4) is 0 Å². The molecule has 8 saturated heterocycles. The first kappa shape index (κ1) is 93.5. The summed E-state index contributed by atoms with van der Waals surface area (Å²) in [6, 6.07) is 0. The van der Waals surface area contributed by atoms with Gasteiger partial charge in [-0.3, -0.25) is 0 Å². The lowest BCUT2D eigenvalue weighted by Gasteiger charge is -2.47. The molecule has 8 aliphatic carbocycles. The van der Waals surface area contributed by atoms with Crippen LogP contribution in [-0.2, 0) is 95.0 Å². The number of hydrogen-bond donors (Lipinski definition) is 6. The van der Waals surface area contributed by atoms with Crippen LogP contribution < -0.4 is 0 Å². The fraction of sp³-hybridized carbons (Fsp3) is 1.00. The Balaban J connectivity index is 0.000000282. The summed E-state index contributed by atoms with van der Waals surface area (Å²) in [6.45, 7) is 26.9. The fourth-order valence-electron chi connectivity index (χ4n) is 21.6. The number of rotatable bonds is 18. The van der Waals surface area contributed by atoms with Crippen LogP contribution in [0.5, 0.6) is 0 Å². The van der Waals surface area contributed by atoms with Crippen molar-refractivity contribution in [1.82, 2.24) is 0 Å². The first-order chi connectivity index (χ1) is 55.1. The van der Waals surface area contributed by atoms with Gasteiger partial charge in [0.05, 0.1) is 176 Å². The van der Waals surface area contributed by atoms with Gasteiger partial charge in [-0.15, -0.1) is 0 Å². The Labute approximate surface area is 708 Å². The summed E-state index contributed by atoms with van der Waals surface area (Å²) in [5.74, 6) is 5.65. The van der Waals surface area contributed by atoms with E-state index >= 15 is 0 Å². The molecule has 4 spiro atoms. The predicted molar refractivity (Wildman–Crippen MR) is 457 cm³/mol. The van der Waals surface area contributed by atoms with E-state index in [9.17, 15) is 30.0 Å². The molecule has 6 N–H and O–H groups in total. The van der Waals surface area contributed by atoms with Crippen LogP contribution in [0, 0.1) is 90.7 Å². The van der Waals surface area contributed by atoms with E-state index in [4.69, 9.17) is 95.0 Å². The highest BCUT2D eigenvalue weighted by Crippen LogP contribution is 2.62. The lowest BCUT2D eigenvalue weighted by atomic mass is 9.60. The molecular weight excluding hydrogens is 1640 g/mol. The van der Waals surface area contributed by atoms with Gasteiger partial charge in [0.2, 0.25) is 0 Å². The van der Waals surface area contributed by atoms with Crippen LogP contribution in [0.2, 0.25) is 0 Å². The normalized spacial score (nSPS) is 45.1. The van der Waals surface area contributed by atoms with Gasteiger partial charge in [0.15, 0.2) is 0 Å². The van der Waals surface area contributed by atoms with Crippen LogP contribution >= 0.6 is 68.8 Å². The zero-order valence-corrected chi connectivity index (χ0v) is 77.2. The van der Waals surface area contributed by atoms with E-state index in [0.29, 0.717) is 134 Å². The van der Waals surface area contributed by atoms with E-state index in [1.165, 1.54) is 38.5 Å². The summed E-state index contributed by atoms with van der Waals surface area (Å²) in [6.07, 6.45) is 35.7. The van der Waals surface area contributed by atoms with Crippen molar-refractivity contribution in [2.24, 2.45) is 90.7 Å². The molecule has 27 nitrogen and oxygen atoms in total. The first-order valence-corrected chi connectivity index (χ1v) is 52.9. The van der Waals surface area contributed by atoms with Crippen LogP contribution in [0.15, 0.2) is 0 Å². The van der Waals surface area contributed by atoms with Gasteiger partial charge in [-0.05, 0) is 274 Å². The Morgan fingerprint density at radius 2 is 0.330 bits per heavy atom. The van der Waals surface area contributed by atoms with Gasteiger partial charge in [-0.25, -0.2) is 0 Å². The highest BCUT2D eigenvalue weighted by molar-refractivity contribution is 7.43. The SMILES string of the molecule is CC(C)(C1CCC(O)CC1)C1CCC(OP2OCC3(CO2)COP(OC2CCC(C(C)(C)C4CCC(O)CC4)CC2)OC3)CC1.CC(C)(C1CCC(O)CC1)C1CCC(OP2OCC3(COP(O)OC3)CO2)CC1.CC(C)(C1CCC(OP2OCC3(COP(O)OC3)CO2)CC1)C1CCC(OP2OCC3(COP(O)OC3)CO2)CC1.[HH].[HH].[HH].[HH].[HH].[HH].[HH].[HH]. The van der Waals surface area contributed by atoms with Crippen molar-refractivity contribution in [2.45, 2.75) is 310 Å². The lowest BCUT2D eigenvalue weighted by Crippen LogP contribution is -2.45. The van der Waals surface area contributed by atoms with Crippen molar-refractivity contribution in [3.8, 4) is 0 Å².